The number of anilines is 1. The first-order valence-corrected chi connectivity index (χ1v) is 5.88. The summed E-state index contributed by atoms with van der Waals surface area (Å²) < 4.78 is 39.3. The molecule has 0 atom stereocenters. The highest BCUT2D eigenvalue weighted by molar-refractivity contribution is 6.31. The molecule has 1 heterocycles. The van der Waals surface area contributed by atoms with Gasteiger partial charge in [-0.2, -0.15) is 18.3 Å². The number of rotatable bonds is 1. The van der Waals surface area contributed by atoms with Crippen LogP contribution in [0.25, 0.3) is 5.69 Å². The Balaban J connectivity index is 2.46. The molecule has 0 unspecified atom stereocenters. The molecule has 0 fully saturated rings. The fraction of sp³-hybridized carbons (Fsp3) is 0.100. The number of hydrogen-bond acceptors (Lipinski definition) is 2. The molecule has 17 heavy (non-hydrogen) atoms. The van der Waals surface area contributed by atoms with Crippen molar-refractivity contribution in [3.05, 3.63) is 36.0 Å². The molecule has 0 spiro atoms. The highest BCUT2D eigenvalue weighted by Crippen LogP contribution is 2.27. The zero-order valence-corrected chi connectivity index (χ0v) is 11.0. The Kier molecular flexibility index (Phi) is 2.89. The number of nitrogens with two attached hydrogens (primary N) is 1. The minimum Gasteiger partial charge on any atom is -0.399 e. The summed E-state index contributed by atoms with van der Waals surface area (Å²) >= 11 is 0.482. The van der Waals surface area contributed by atoms with E-state index in [2.05, 4.69) is 5.10 Å². The van der Waals surface area contributed by atoms with Gasteiger partial charge in [-0.3, -0.25) is 4.68 Å². The van der Waals surface area contributed by atoms with Crippen molar-refractivity contribution in [1.82, 2.24) is 9.78 Å². The fourth-order valence-electron chi connectivity index (χ4n) is 1.49. The maximum atomic E-state index is 12.5. The lowest BCUT2D eigenvalue weighted by Crippen LogP contribution is -2.15. The number of alkyl halides is 3. The third kappa shape index (κ3) is 2.46. The predicted molar refractivity (Wildman–Crippen MR) is 61.2 cm³/mol. The topological polar surface area (TPSA) is 43.8 Å². The fourth-order valence-corrected chi connectivity index (χ4v) is 2.12. The predicted octanol–water partition coefficient (Wildman–Crippen LogP) is 0.732. The van der Waals surface area contributed by atoms with Crippen LogP contribution in [0.5, 0.6) is 0 Å². The molecule has 0 aliphatic rings. The first kappa shape index (κ1) is 12.0. The Morgan fingerprint density at radius 2 is 1.76 bits per heavy atom. The van der Waals surface area contributed by atoms with E-state index in [1.165, 1.54) is 4.68 Å². The summed E-state index contributed by atoms with van der Waals surface area (Å²) in [5.41, 5.74) is 5.80. The Bertz CT molecular complexity index is 531. The van der Waals surface area contributed by atoms with Crippen molar-refractivity contribution in [2.75, 3.05) is 5.73 Å². The van der Waals surface area contributed by atoms with Gasteiger partial charge in [0.2, 0.25) is 0 Å². The van der Waals surface area contributed by atoms with Gasteiger partial charge in [-0.05, 0) is 34.9 Å². The molecule has 88 valence electrons. The van der Waals surface area contributed by atoms with Gasteiger partial charge >= 0.3 is 6.18 Å². The summed E-state index contributed by atoms with van der Waals surface area (Å²) in [6.07, 6.45) is -4.40. The Hall–Kier alpha value is -1.45. The normalized spacial score (nSPS) is 11.7. The van der Waals surface area contributed by atoms with Crippen LogP contribution in [0.4, 0.5) is 18.9 Å². The number of nitrogen functional groups attached to an aromatic ring is 1. The summed E-state index contributed by atoms with van der Waals surface area (Å²) in [5.74, 6) is 0. The number of hydrogen-bond donors (Lipinski definition) is 1. The van der Waals surface area contributed by atoms with Gasteiger partial charge in [-0.15, -0.1) is 0 Å². The molecule has 0 amide bonds. The second kappa shape index (κ2) is 4.09. The van der Waals surface area contributed by atoms with E-state index in [-0.39, 0.29) is 0 Å². The SMILES string of the molecule is Nc1ccc(-n2nc(C(F)(F)F)c[c]2[AlH2])cc1. The van der Waals surface area contributed by atoms with Crippen molar-refractivity contribution in [2.24, 2.45) is 0 Å². The van der Waals surface area contributed by atoms with E-state index in [9.17, 15) is 13.2 Å². The molecule has 7 heteroatoms. The largest absolute Gasteiger partial charge is 0.435 e. The number of benzene rings is 1. The molecule has 2 N–H and O–H groups in total. The highest BCUT2D eigenvalue weighted by atomic mass is 27.0. The molecule has 2 aromatic rings. The van der Waals surface area contributed by atoms with E-state index in [4.69, 9.17) is 5.73 Å². The van der Waals surface area contributed by atoms with Crippen LogP contribution in [0.15, 0.2) is 30.3 Å². The van der Waals surface area contributed by atoms with E-state index in [1.54, 1.807) is 24.3 Å². The van der Waals surface area contributed by atoms with E-state index < -0.39 is 11.9 Å². The third-order valence-electron chi connectivity index (χ3n) is 2.32. The molecule has 1 aromatic carbocycles. The van der Waals surface area contributed by atoms with Gasteiger partial charge in [0.1, 0.15) is 0 Å². The lowest BCUT2D eigenvalue weighted by atomic mass is 10.3. The summed E-state index contributed by atoms with van der Waals surface area (Å²) in [6.45, 7) is 0. The van der Waals surface area contributed by atoms with Crippen molar-refractivity contribution < 1.29 is 13.2 Å². The quantitative estimate of drug-likeness (QED) is 0.603. The second-order valence-corrected chi connectivity index (χ2v) is 4.70. The van der Waals surface area contributed by atoms with E-state index >= 15 is 0 Å². The standard InChI is InChI=1S/C10H7F3N3.Al.2H/c11-10(12,13)9-5-6-16(15-9)8-3-1-7(14)2-4-8;;;/h1-5H,14H2;;;. The average molecular weight is 255 g/mol. The van der Waals surface area contributed by atoms with Crippen molar-refractivity contribution in [3.63, 3.8) is 0 Å². The van der Waals surface area contributed by atoms with Gasteiger partial charge in [0.25, 0.3) is 16.3 Å². The Morgan fingerprint density at radius 3 is 2.24 bits per heavy atom. The van der Waals surface area contributed by atoms with E-state index in [0.717, 1.165) is 6.07 Å². The number of nitrogens with zero attached hydrogens (tertiary/aromatic N) is 2. The zero-order valence-electron chi connectivity index (χ0n) is 8.99. The van der Waals surface area contributed by atoms with Crippen LogP contribution >= 0.6 is 0 Å². The first-order chi connectivity index (χ1) is 7.88. The third-order valence-corrected chi connectivity index (χ3v) is 3.03. The van der Waals surface area contributed by atoms with Gasteiger partial charge in [-0.25, -0.2) is 0 Å². The average Bonchev–Trinajstić information content (AvgIpc) is 2.61. The van der Waals surface area contributed by atoms with Crippen LogP contribution in [0, 0.1) is 0 Å². The van der Waals surface area contributed by atoms with E-state index in [1.807, 2.05) is 0 Å². The maximum absolute atomic E-state index is 12.5. The van der Waals surface area contributed by atoms with Crippen LogP contribution in [0.3, 0.4) is 0 Å². The van der Waals surface area contributed by atoms with E-state index in [0.29, 0.717) is 32.2 Å². The molecular formula is C10H9AlF3N3. The van der Waals surface area contributed by atoms with Crippen LogP contribution in [0.2, 0.25) is 0 Å². The van der Waals surface area contributed by atoms with Crippen molar-refractivity contribution in [3.8, 4) is 5.69 Å². The molecular weight excluding hydrogens is 246 g/mol. The molecule has 0 bridgehead atoms. The van der Waals surface area contributed by atoms with Crippen molar-refractivity contribution in [2.45, 2.75) is 6.18 Å². The van der Waals surface area contributed by atoms with Gasteiger partial charge < -0.3 is 5.73 Å². The molecule has 0 saturated carbocycles. The zero-order chi connectivity index (χ0) is 12.6. The molecule has 0 aliphatic heterocycles. The maximum Gasteiger partial charge on any atom is 0.435 e. The summed E-state index contributed by atoms with van der Waals surface area (Å²) in [5, 5.41) is 3.57. The van der Waals surface area contributed by atoms with Gasteiger partial charge in [-0.1, -0.05) is 0 Å². The van der Waals surface area contributed by atoms with Gasteiger partial charge in [0.05, 0.1) is 5.69 Å². The number of halogens is 3. The molecule has 0 aliphatic carbocycles. The highest BCUT2D eigenvalue weighted by Gasteiger charge is 2.34. The Labute approximate surface area is 103 Å². The molecule has 0 saturated heterocycles. The van der Waals surface area contributed by atoms with Crippen LogP contribution < -0.4 is 10.3 Å². The van der Waals surface area contributed by atoms with Crippen LogP contribution in [-0.4, -0.2) is 26.1 Å². The number of aromatic nitrogens is 2. The molecule has 0 radical (unpaired) electrons. The smallest absolute Gasteiger partial charge is 0.399 e. The minimum atomic E-state index is -4.40. The monoisotopic (exact) mass is 255 g/mol. The lowest BCUT2D eigenvalue weighted by Gasteiger charge is -2.05. The van der Waals surface area contributed by atoms with Crippen molar-refractivity contribution in [1.29, 1.82) is 0 Å². The summed E-state index contributed by atoms with van der Waals surface area (Å²) in [6, 6.07) is 7.62. The summed E-state index contributed by atoms with van der Waals surface area (Å²) in [7, 11) is 0. The minimum absolute atomic E-state index is 0.482. The molecule has 1 aromatic heterocycles. The first-order valence-electron chi connectivity index (χ1n) is 4.88. The van der Waals surface area contributed by atoms with Crippen LogP contribution in [-0.2, 0) is 6.18 Å². The lowest BCUT2D eigenvalue weighted by molar-refractivity contribution is -0.141. The second-order valence-electron chi connectivity index (χ2n) is 3.67. The summed E-state index contributed by atoms with van der Waals surface area (Å²) in [4.78, 5) is 0. The van der Waals surface area contributed by atoms with Crippen LogP contribution in [0.1, 0.15) is 5.69 Å². The van der Waals surface area contributed by atoms with Gasteiger partial charge in [0.15, 0.2) is 5.69 Å². The van der Waals surface area contributed by atoms with Crippen molar-refractivity contribution >= 4 is 26.5 Å². The molecule has 3 nitrogen and oxygen atoms in total. The Morgan fingerprint density at radius 1 is 1.18 bits per heavy atom. The van der Waals surface area contributed by atoms with Gasteiger partial charge in [0, 0.05) is 5.69 Å². The molecule has 2 rings (SSSR count).